The zero-order valence-electron chi connectivity index (χ0n) is 11.5. The minimum Gasteiger partial charge on any atom is -0.283 e. The summed E-state index contributed by atoms with van der Waals surface area (Å²) in [4.78, 5) is 17.7. The third kappa shape index (κ3) is 2.71. The Kier molecular flexibility index (Phi) is 4.12. The fraction of sp³-hybridized carbons (Fsp3) is 0.143. The van der Waals surface area contributed by atoms with Crippen molar-refractivity contribution in [2.75, 3.05) is 5.75 Å². The van der Waals surface area contributed by atoms with E-state index in [-0.39, 0.29) is 17.2 Å². The second kappa shape index (κ2) is 6.05. The number of thioether (sulfide) groups is 1. The van der Waals surface area contributed by atoms with Gasteiger partial charge in [0, 0.05) is 0 Å². The largest absolute Gasteiger partial charge is 0.283 e. The van der Waals surface area contributed by atoms with Crippen LogP contribution in [0, 0.1) is 11.2 Å². The molecule has 22 heavy (non-hydrogen) atoms. The van der Waals surface area contributed by atoms with E-state index in [9.17, 15) is 9.18 Å². The predicted molar refractivity (Wildman–Crippen MR) is 89.5 cm³/mol. The van der Waals surface area contributed by atoms with Gasteiger partial charge in [0.1, 0.15) is 11.7 Å². The van der Waals surface area contributed by atoms with Crippen LogP contribution in [0.4, 0.5) is 4.39 Å². The Bertz CT molecular complexity index is 740. The average Bonchev–Trinajstić information content (AvgIpc) is 2.89. The van der Waals surface area contributed by atoms with Crippen LogP contribution >= 0.6 is 23.7 Å². The van der Waals surface area contributed by atoms with Crippen molar-refractivity contribution in [2.24, 2.45) is 9.39 Å². The highest BCUT2D eigenvalue weighted by molar-refractivity contribution is 8.19. The van der Waals surface area contributed by atoms with E-state index in [1.807, 2.05) is 6.92 Å². The number of benzene rings is 1. The van der Waals surface area contributed by atoms with Gasteiger partial charge in [-0.15, -0.1) is 0 Å². The van der Waals surface area contributed by atoms with Gasteiger partial charge in [-0.05, 0) is 29.5 Å². The van der Waals surface area contributed by atoms with E-state index in [0.29, 0.717) is 15.9 Å². The number of amidine groups is 3. The first-order valence-electron chi connectivity index (χ1n) is 6.47. The van der Waals surface area contributed by atoms with Crippen molar-refractivity contribution in [2.45, 2.75) is 6.92 Å². The highest BCUT2D eigenvalue weighted by Gasteiger charge is 2.37. The van der Waals surface area contributed by atoms with Crippen molar-refractivity contribution >= 4 is 51.9 Å². The number of carbonyl (C=O) groups is 1. The number of amides is 1. The minimum absolute atomic E-state index is 0.0454. The molecule has 2 aliphatic rings. The second-order valence-electron chi connectivity index (χ2n) is 4.39. The van der Waals surface area contributed by atoms with Gasteiger partial charge in [0.15, 0.2) is 5.17 Å². The van der Waals surface area contributed by atoms with Crippen molar-refractivity contribution in [1.29, 1.82) is 5.41 Å². The van der Waals surface area contributed by atoms with Crippen LogP contribution in [0.5, 0.6) is 0 Å². The number of carbonyl (C=O) groups excluding carboxylic acids is 1. The molecule has 0 aliphatic carbocycles. The lowest BCUT2D eigenvalue weighted by Crippen LogP contribution is -2.41. The minimum atomic E-state index is -0.481. The summed E-state index contributed by atoms with van der Waals surface area (Å²) in [6.45, 7) is 1.99. The first kappa shape index (κ1) is 15.0. The second-order valence-corrected chi connectivity index (χ2v) is 6.35. The Hall–Kier alpha value is -1.93. The van der Waals surface area contributed by atoms with Crippen LogP contribution in [0.1, 0.15) is 12.5 Å². The van der Waals surface area contributed by atoms with Gasteiger partial charge in [-0.3, -0.25) is 10.2 Å². The summed E-state index contributed by atoms with van der Waals surface area (Å²) in [5.41, 5.74) is 0.809. The molecule has 2 aliphatic heterocycles. The predicted octanol–water partition coefficient (Wildman–Crippen LogP) is 3.16. The van der Waals surface area contributed by atoms with Crippen LogP contribution in [-0.2, 0) is 4.79 Å². The quantitative estimate of drug-likeness (QED) is 0.666. The molecule has 0 radical (unpaired) electrons. The number of rotatable bonds is 2. The molecule has 0 atom stereocenters. The zero-order valence-corrected chi connectivity index (χ0v) is 13.2. The molecule has 0 aromatic heterocycles. The van der Waals surface area contributed by atoms with Gasteiger partial charge in [0.25, 0.3) is 5.91 Å². The Labute approximate surface area is 135 Å². The maximum atomic E-state index is 12.9. The molecular weight excluding hydrogens is 323 g/mol. The van der Waals surface area contributed by atoms with Crippen molar-refractivity contribution in [3.8, 4) is 0 Å². The number of nitrogens with zero attached hydrogens (tertiary/aromatic N) is 3. The maximum absolute atomic E-state index is 12.9. The number of halogens is 1. The third-order valence-electron chi connectivity index (χ3n) is 2.95. The Morgan fingerprint density at radius 3 is 2.82 bits per heavy atom. The van der Waals surface area contributed by atoms with Crippen LogP contribution in [0.3, 0.4) is 0 Å². The summed E-state index contributed by atoms with van der Waals surface area (Å²) in [5.74, 6) is 0.0220. The van der Waals surface area contributed by atoms with Gasteiger partial charge in [-0.1, -0.05) is 30.8 Å². The van der Waals surface area contributed by atoms with Crippen LogP contribution < -0.4 is 0 Å². The average molecular weight is 334 g/mol. The van der Waals surface area contributed by atoms with Gasteiger partial charge in [0.2, 0.25) is 5.17 Å². The highest BCUT2D eigenvalue weighted by atomic mass is 32.2. The molecule has 2 heterocycles. The van der Waals surface area contributed by atoms with E-state index in [2.05, 4.69) is 9.39 Å². The van der Waals surface area contributed by atoms with Crippen LogP contribution in [0.2, 0.25) is 0 Å². The Morgan fingerprint density at radius 1 is 1.41 bits per heavy atom. The topological polar surface area (TPSA) is 68.9 Å². The zero-order chi connectivity index (χ0) is 15.7. The molecule has 1 N–H and O–H groups in total. The molecule has 5 nitrogen and oxygen atoms in total. The SMILES string of the molecule is CCSC1=NSC2=NC(=O)C(=Cc3ccc(F)cc3)C(=N)N12. The molecule has 8 heteroatoms. The number of fused-ring (bicyclic) bond motifs is 1. The van der Waals surface area contributed by atoms with Gasteiger partial charge in [-0.25, -0.2) is 9.29 Å². The Morgan fingerprint density at radius 2 is 2.14 bits per heavy atom. The molecule has 1 amide bonds. The molecule has 0 spiro atoms. The van der Waals surface area contributed by atoms with Gasteiger partial charge in [0.05, 0.1) is 17.5 Å². The molecule has 112 valence electrons. The lowest BCUT2D eigenvalue weighted by Gasteiger charge is -2.24. The monoisotopic (exact) mass is 334 g/mol. The number of aliphatic imine (C=N–C) groups is 1. The summed E-state index contributed by atoms with van der Waals surface area (Å²) in [5, 5.41) is 9.33. The summed E-state index contributed by atoms with van der Waals surface area (Å²) < 4.78 is 17.2. The molecule has 1 aromatic rings. The molecule has 0 bridgehead atoms. The Balaban J connectivity index is 1.97. The summed E-state index contributed by atoms with van der Waals surface area (Å²) in [6, 6.07) is 5.72. The van der Waals surface area contributed by atoms with Crippen LogP contribution in [0.15, 0.2) is 39.2 Å². The van der Waals surface area contributed by atoms with Crippen molar-refractivity contribution in [3.05, 3.63) is 41.2 Å². The number of hydrogen-bond donors (Lipinski definition) is 1. The standard InChI is InChI=1S/C14H11FN4OS2/c1-2-21-14-18-22-13-17-12(20)10(11(16)19(13)14)7-8-3-5-9(15)6-4-8/h3-7,16H,2H2,1H3. The smallest absolute Gasteiger partial charge is 0.283 e. The highest BCUT2D eigenvalue weighted by Crippen LogP contribution is 2.31. The molecule has 0 saturated heterocycles. The molecule has 0 unspecified atom stereocenters. The van der Waals surface area contributed by atoms with E-state index >= 15 is 0 Å². The van der Waals surface area contributed by atoms with E-state index < -0.39 is 5.91 Å². The molecule has 1 aromatic carbocycles. The molecule has 3 rings (SSSR count). The third-order valence-corrected chi connectivity index (χ3v) is 4.59. The first-order valence-corrected chi connectivity index (χ1v) is 8.23. The van der Waals surface area contributed by atoms with Crippen molar-refractivity contribution in [1.82, 2.24) is 4.90 Å². The normalized spacial score (nSPS) is 19.4. The van der Waals surface area contributed by atoms with Gasteiger partial charge >= 0.3 is 0 Å². The maximum Gasteiger partial charge on any atom is 0.283 e. The fourth-order valence-electron chi connectivity index (χ4n) is 1.95. The van der Waals surface area contributed by atoms with Crippen molar-refractivity contribution in [3.63, 3.8) is 0 Å². The van der Waals surface area contributed by atoms with Gasteiger partial charge < -0.3 is 0 Å². The summed E-state index contributed by atoms with van der Waals surface area (Å²) in [7, 11) is 0. The van der Waals surface area contributed by atoms with E-state index in [4.69, 9.17) is 5.41 Å². The molecule has 0 saturated carbocycles. The molecule has 0 fully saturated rings. The van der Waals surface area contributed by atoms with E-state index in [1.54, 1.807) is 23.1 Å². The molecular formula is C14H11FN4OS2. The fourth-order valence-corrected chi connectivity index (χ4v) is 3.52. The van der Waals surface area contributed by atoms with Crippen LogP contribution in [-0.4, -0.2) is 32.7 Å². The van der Waals surface area contributed by atoms with Crippen LogP contribution in [0.25, 0.3) is 6.08 Å². The lowest BCUT2D eigenvalue weighted by atomic mass is 10.1. The lowest BCUT2D eigenvalue weighted by molar-refractivity contribution is -0.114. The summed E-state index contributed by atoms with van der Waals surface area (Å²) >= 11 is 2.58. The first-order chi connectivity index (χ1) is 10.6. The summed E-state index contributed by atoms with van der Waals surface area (Å²) in [6.07, 6.45) is 1.54. The number of nitrogens with one attached hydrogen (secondary N) is 1. The van der Waals surface area contributed by atoms with Gasteiger partial charge in [-0.2, -0.15) is 9.39 Å². The van der Waals surface area contributed by atoms with E-state index in [0.717, 1.165) is 17.7 Å². The van der Waals surface area contributed by atoms with E-state index in [1.165, 1.54) is 23.9 Å². The number of hydrogen-bond acceptors (Lipinski definition) is 5. The van der Waals surface area contributed by atoms with Crippen molar-refractivity contribution < 1.29 is 9.18 Å².